The van der Waals surface area contributed by atoms with E-state index in [1.807, 2.05) is 0 Å². The normalized spacial score (nSPS) is 16.5. The molecule has 6 heteroatoms. The first-order valence-corrected chi connectivity index (χ1v) is 7.08. The lowest BCUT2D eigenvalue weighted by Gasteiger charge is -2.13. The molecule has 5 nitrogen and oxygen atoms in total. The summed E-state index contributed by atoms with van der Waals surface area (Å²) in [4.78, 5) is 2.43. The van der Waals surface area contributed by atoms with Crippen LogP contribution in [0.5, 0.6) is 5.19 Å². The number of rotatable bonds is 7. The fourth-order valence-corrected chi connectivity index (χ4v) is 2.55. The molecule has 1 N–H and O–H groups in total. The first kappa shape index (κ1) is 12.7. The summed E-state index contributed by atoms with van der Waals surface area (Å²) in [7, 11) is 0. The van der Waals surface area contributed by atoms with Crippen LogP contribution in [0.4, 0.5) is 0 Å². The molecule has 0 aliphatic carbocycles. The fourth-order valence-electron chi connectivity index (χ4n) is 1.87. The second-order valence-corrected chi connectivity index (χ2v) is 5.16. The lowest BCUT2D eigenvalue weighted by molar-refractivity contribution is 0.236. The van der Waals surface area contributed by atoms with Crippen molar-refractivity contribution < 1.29 is 4.74 Å². The van der Waals surface area contributed by atoms with Crippen molar-refractivity contribution in [1.82, 2.24) is 20.4 Å². The minimum absolute atomic E-state index is 0.692. The van der Waals surface area contributed by atoms with Gasteiger partial charge in [-0.1, -0.05) is 18.3 Å². The highest BCUT2D eigenvalue weighted by atomic mass is 32.1. The van der Waals surface area contributed by atoms with Crippen molar-refractivity contribution in [3.63, 3.8) is 0 Å². The Morgan fingerprint density at radius 1 is 1.35 bits per heavy atom. The molecule has 0 spiro atoms. The van der Waals surface area contributed by atoms with Crippen LogP contribution in [0.3, 0.4) is 0 Å². The standard InChI is InChI=1S/C11H20N4OS/c1-2-12-9-10-13-14-11(17-10)16-8-7-15-5-3-4-6-15/h12H,2-9H2,1H3. The number of ether oxygens (including phenoxy) is 1. The van der Waals surface area contributed by atoms with Crippen LogP contribution in [0.25, 0.3) is 0 Å². The lowest BCUT2D eigenvalue weighted by Crippen LogP contribution is -2.25. The van der Waals surface area contributed by atoms with Gasteiger partial charge < -0.3 is 10.1 Å². The van der Waals surface area contributed by atoms with Crippen LogP contribution >= 0.6 is 11.3 Å². The van der Waals surface area contributed by atoms with E-state index in [2.05, 4.69) is 27.3 Å². The van der Waals surface area contributed by atoms with Crippen molar-refractivity contribution >= 4 is 11.3 Å². The van der Waals surface area contributed by atoms with Crippen LogP contribution in [-0.4, -0.2) is 47.9 Å². The number of hydrogen-bond donors (Lipinski definition) is 1. The van der Waals surface area contributed by atoms with Gasteiger partial charge in [-0.05, 0) is 32.5 Å². The highest BCUT2D eigenvalue weighted by Gasteiger charge is 2.11. The summed E-state index contributed by atoms with van der Waals surface area (Å²) < 4.78 is 5.60. The summed E-state index contributed by atoms with van der Waals surface area (Å²) in [5.74, 6) is 0. The van der Waals surface area contributed by atoms with E-state index in [9.17, 15) is 0 Å². The maximum absolute atomic E-state index is 5.60. The average Bonchev–Trinajstić information content (AvgIpc) is 2.98. The van der Waals surface area contributed by atoms with Crippen molar-refractivity contribution in [3.8, 4) is 5.19 Å². The van der Waals surface area contributed by atoms with Crippen LogP contribution in [0.15, 0.2) is 0 Å². The number of nitrogens with zero attached hydrogens (tertiary/aromatic N) is 3. The first-order chi connectivity index (χ1) is 8.38. The van der Waals surface area contributed by atoms with Crippen molar-refractivity contribution in [2.75, 3.05) is 32.8 Å². The Balaban J connectivity index is 1.65. The summed E-state index contributed by atoms with van der Waals surface area (Å²) in [6.45, 7) is 7.96. The summed E-state index contributed by atoms with van der Waals surface area (Å²) in [5.41, 5.74) is 0. The summed E-state index contributed by atoms with van der Waals surface area (Å²) in [6, 6.07) is 0. The minimum atomic E-state index is 0.692. The molecule has 2 heterocycles. The molecule has 1 aromatic heterocycles. The smallest absolute Gasteiger partial charge is 0.294 e. The predicted molar refractivity (Wildman–Crippen MR) is 68.5 cm³/mol. The molecule has 0 bridgehead atoms. The van der Waals surface area contributed by atoms with E-state index in [1.165, 1.54) is 37.3 Å². The van der Waals surface area contributed by atoms with Crippen molar-refractivity contribution in [2.45, 2.75) is 26.3 Å². The van der Waals surface area contributed by atoms with Gasteiger partial charge in [0.1, 0.15) is 11.6 Å². The van der Waals surface area contributed by atoms with Crippen molar-refractivity contribution in [2.24, 2.45) is 0 Å². The fraction of sp³-hybridized carbons (Fsp3) is 0.818. The van der Waals surface area contributed by atoms with Gasteiger partial charge in [-0.2, -0.15) is 0 Å². The summed E-state index contributed by atoms with van der Waals surface area (Å²) in [6.07, 6.45) is 2.65. The van der Waals surface area contributed by atoms with E-state index < -0.39 is 0 Å². The van der Waals surface area contributed by atoms with Crippen LogP contribution in [0.1, 0.15) is 24.8 Å². The van der Waals surface area contributed by atoms with E-state index >= 15 is 0 Å². The molecule has 1 aliphatic rings. The van der Waals surface area contributed by atoms with Gasteiger partial charge in [0.05, 0.1) is 0 Å². The molecule has 1 aromatic rings. The zero-order valence-corrected chi connectivity index (χ0v) is 11.1. The zero-order valence-electron chi connectivity index (χ0n) is 10.3. The van der Waals surface area contributed by atoms with Gasteiger partial charge in [-0.15, -0.1) is 10.2 Å². The monoisotopic (exact) mass is 256 g/mol. The van der Waals surface area contributed by atoms with E-state index in [-0.39, 0.29) is 0 Å². The van der Waals surface area contributed by atoms with Crippen LogP contribution < -0.4 is 10.1 Å². The Labute approximate surface area is 106 Å². The molecule has 96 valence electrons. The van der Waals surface area contributed by atoms with Crippen LogP contribution in [0, 0.1) is 0 Å². The minimum Gasteiger partial charge on any atom is -0.468 e. The van der Waals surface area contributed by atoms with Crippen LogP contribution in [-0.2, 0) is 6.54 Å². The number of aromatic nitrogens is 2. The Morgan fingerprint density at radius 2 is 2.18 bits per heavy atom. The molecule has 0 unspecified atom stereocenters. The molecule has 17 heavy (non-hydrogen) atoms. The maximum Gasteiger partial charge on any atom is 0.294 e. The molecule has 0 saturated carbocycles. The predicted octanol–water partition coefficient (Wildman–Crippen LogP) is 1.12. The number of hydrogen-bond acceptors (Lipinski definition) is 6. The highest BCUT2D eigenvalue weighted by molar-refractivity contribution is 7.13. The third-order valence-electron chi connectivity index (χ3n) is 2.81. The third-order valence-corrected chi connectivity index (χ3v) is 3.64. The van der Waals surface area contributed by atoms with E-state index in [4.69, 9.17) is 4.74 Å². The SMILES string of the molecule is CCNCc1nnc(OCCN2CCCC2)s1. The molecule has 0 amide bonds. The number of nitrogens with one attached hydrogen (secondary N) is 1. The Kier molecular flexibility index (Phi) is 5.15. The molecular formula is C11H20N4OS. The average molecular weight is 256 g/mol. The molecule has 0 radical (unpaired) electrons. The Morgan fingerprint density at radius 3 is 2.94 bits per heavy atom. The molecule has 2 rings (SSSR count). The number of likely N-dealkylation sites (tertiary alicyclic amines) is 1. The van der Waals surface area contributed by atoms with Gasteiger partial charge in [0.2, 0.25) is 0 Å². The topological polar surface area (TPSA) is 50.3 Å². The second-order valence-electron chi connectivity index (χ2n) is 4.14. The zero-order chi connectivity index (χ0) is 11.9. The summed E-state index contributed by atoms with van der Waals surface area (Å²) in [5, 5.41) is 13.0. The third kappa shape index (κ3) is 4.22. The van der Waals surface area contributed by atoms with Crippen LogP contribution in [0.2, 0.25) is 0 Å². The quantitative estimate of drug-likeness (QED) is 0.792. The lowest BCUT2D eigenvalue weighted by atomic mass is 10.4. The molecule has 0 aromatic carbocycles. The van der Waals surface area contributed by atoms with Gasteiger partial charge in [-0.25, -0.2) is 0 Å². The van der Waals surface area contributed by atoms with E-state index in [0.717, 1.165) is 31.2 Å². The summed E-state index contributed by atoms with van der Waals surface area (Å²) >= 11 is 1.53. The van der Waals surface area contributed by atoms with Gasteiger partial charge in [0.25, 0.3) is 5.19 Å². The van der Waals surface area contributed by atoms with Gasteiger partial charge >= 0.3 is 0 Å². The second kappa shape index (κ2) is 6.88. The maximum atomic E-state index is 5.60. The van der Waals surface area contributed by atoms with E-state index in [1.54, 1.807) is 0 Å². The van der Waals surface area contributed by atoms with Crippen molar-refractivity contribution in [1.29, 1.82) is 0 Å². The molecule has 1 fully saturated rings. The van der Waals surface area contributed by atoms with Gasteiger partial charge in [0.15, 0.2) is 0 Å². The first-order valence-electron chi connectivity index (χ1n) is 6.26. The van der Waals surface area contributed by atoms with Gasteiger partial charge in [-0.3, -0.25) is 4.90 Å². The highest BCUT2D eigenvalue weighted by Crippen LogP contribution is 2.17. The Bertz CT molecular complexity index is 325. The van der Waals surface area contributed by atoms with Gasteiger partial charge in [0, 0.05) is 13.1 Å². The largest absolute Gasteiger partial charge is 0.468 e. The molecule has 1 aliphatic heterocycles. The molecular weight excluding hydrogens is 236 g/mol. The molecule has 0 atom stereocenters. The van der Waals surface area contributed by atoms with E-state index in [0.29, 0.717) is 5.19 Å². The van der Waals surface area contributed by atoms with Crippen molar-refractivity contribution in [3.05, 3.63) is 5.01 Å². The Hall–Kier alpha value is -0.720. The molecule has 1 saturated heterocycles.